The third-order valence-electron chi connectivity index (χ3n) is 2.75. The van der Waals surface area contributed by atoms with Crippen molar-refractivity contribution in [3.8, 4) is 0 Å². The van der Waals surface area contributed by atoms with E-state index in [4.69, 9.17) is 5.11 Å². The number of aromatic carboxylic acids is 1. The van der Waals surface area contributed by atoms with Gasteiger partial charge < -0.3 is 5.11 Å². The number of carboxylic acids is 1. The van der Waals surface area contributed by atoms with Gasteiger partial charge in [-0.3, -0.25) is 4.68 Å². The highest BCUT2D eigenvalue weighted by atomic mass is 19.4. The molecule has 0 saturated heterocycles. The second kappa shape index (κ2) is 4.99. The van der Waals surface area contributed by atoms with E-state index in [-0.39, 0.29) is 6.54 Å². The minimum absolute atomic E-state index is 0.135. The van der Waals surface area contributed by atoms with Crippen molar-refractivity contribution < 1.29 is 23.1 Å². The molecule has 1 N–H and O–H groups in total. The fraction of sp³-hybridized carbons (Fsp3) is 0.231. The summed E-state index contributed by atoms with van der Waals surface area (Å²) < 4.78 is 39.5. The molecule has 0 unspecified atom stereocenters. The lowest BCUT2D eigenvalue weighted by Gasteiger charge is -2.11. The molecule has 1 aromatic heterocycles. The fourth-order valence-corrected chi connectivity index (χ4v) is 1.94. The summed E-state index contributed by atoms with van der Waals surface area (Å²) in [5.41, 5.74) is -0.561. The van der Waals surface area contributed by atoms with Gasteiger partial charge in [-0.1, -0.05) is 29.8 Å². The zero-order chi connectivity index (χ0) is 14.9. The highest BCUT2D eigenvalue weighted by Crippen LogP contribution is 2.32. The number of alkyl halides is 3. The molecule has 0 radical (unpaired) electrons. The number of carbonyl (C=O) groups is 1. The van der Waals surface area contributed by atoms with E-state index in [2.05, 4.69) is 5.10 Å². The van der Waals surface area contributed by atoms with E-state index in [1.54, 1.807) is 18.2 Å². The Morgan fingerprint density at radius 3 is 2.65 bits per heavy atom. The summed E-state index contributed by atoms with van der Waals surface area (Å²) in [5.74, 6) is -1.65. The monoisotopic (exact) mass is 284 g/mol. The van der Waals surface area contributed by atoms with Gasteiger partial charge in [-0.05, 0) is 12.5 Å². The molecule has 1 aromatic carbocycles. The average Bonchev–Trinajstić information content (AvgIpc) is 2.72. The second-order valence-electron chi connectivity index (χ2n) is 4.36. The van der Waals surface area contributed by atoms with Gasteiger partial charge in [0.2, 0.25) is 0 Å². The summed E-state index contributed by atoms with van der Waals surface area (Å²) in [7, 11) is 0. The maximum absolute atomic E-state index is 13.0. The Morgan fingerprint density at radius 2 is 2.10 bits per heavy atom. The third kappa shape index (κ3) is 2.81. The van der Waals surface area contributed by atoms with Gasteiger partial charge >= 0.3 is 12.1 Å². The number of halogens is 3. The minimum Gasteiger partial charge on any atom is -0.478 e. The van der Waals surface area contributed by atoms with Crippen LogP contribution >= 0.6 is 0 Å². The summed E-state index contributed by atoms with van der Waals surface area (Å²) in [5, 5.41) is 12.3. The summed E-state index contributed by atoms with van der Waals surface area (Å²) in [4.78, 5) is 10.8. The Morgan fingerprint density at radius 1 is 1.40 bits per heavy atom. The molecule has 0 aliphatic rings. The third-order valence-corrected chi connectivity index (χ3v) is 2.75. The predicted octanol–water partition coefficient (Wildman–Crippen LogP) is 2.96. The van der Waals surface area contributed by atoms with E-state index >= 15 is 0 Å². The van der Waals surface area contributed by atoms with Crippen molar-refractivity contribution in [3.63, 3.8) is 0 Å². The zero-order valence-electron chi connectivity index (χ0n) is 10.5. The van der Waals surface area contributed by atoms with Crippen LogP contribution in [0.1, 0.15) is 27.2 Å². The zero-order valence-corrected chi connectivity index (χ0v) is 10.5. The van der Waals surface area contributed by atoms with Crippen LogP contribution in [-0.2, 0) is 12.7 Å². The molecular weight excluding hydrogens is 273 g/mol. The molecule has 0 saturated carbocycles. The van der Waals surface area contributed by atoms with E-state index in [0.717, 1.165) is 11.8 Å². The smallest absolute Gasteiger partial charge is 0.433 e. The van der Waals surface area contributed by atoms with Crippen LogP contribution in [0.5, 0.6) is 0 Å². The maximum atomic E-state index is 13.0. The first kappa shape index (κ1) is 14.1. The number of nitrogens with zero attached hydrogens (tertiary/aromatic N) is 2. The number of hydrogen-bond donors (Lipinski definition) is 1. The molecule has 0 amide bonds. The second-order valence-corrected chi connectivity index (χ2v) is 4.36. The Balaban J connectivity index is 2.45. The largest absolute Gasteiger partial charge is 0.478 e. The maximum Gasteiger partial charge on any atom is 0.433 e. The lowest BCUT2D eigenvalue weighted by atomic mass is 10.1. The van der Waals surface area contributed by atoms with Crippen LogP contribution in [0.4, 0.5) is 13.2 Å². The molecule has 0 aliphatic carbocycles. The van der Waals surface area contributed by atoms with Crippen LogP contribution in [0.3, 0.4) is 0 Å². The number of rotatable bonds is 3. The van der Waals surface area contributed by atoms with Crippen molar-refractivity contribution in [3.05, 3.63) is 52.8 Å². The summed E-state index contributed by atoms with van der Waals surface area (Å²) in [6, 6.07) is 6.93. The Labute approximate surface area is 112 Å². The Bertz CT molecular complexity index is 647. The lowest BCUT2D eigenvalue weighted by molar-refractivity contribution is -0.144. The molecule has 20 heavy (non-hydrogen) atoms. The molecule has 0 fully saturated rings. The van der Waals surface area contributed by atoms with Crippen molar-refractivity contribution >= 4 is 5.97 Å². The van der Waals surface area contributed by atoms with Gasteiger partial charge in [0.15, 0.2) is 5.69 Å². The number of aryl methyl sites for hydroxylation is 1. The highest BCUT2D eigenvalue weighted by molar-refractivity contribution is 5.88. The van der Waals surface area contributed by atoms with E-state index < -0.39 is 23.4 Å². The molecule has 0 aliphatic heterocycles. The number of carboxylic acid groups (broad SMARTS) is 1. The number of aromatic nitrogens is 2. The molecular formula is C13H11F3N2O2. The van der Waals surface area contributed by atoms with Gasteiger partial charge in [-0.15, -0.1) is 0 Å². The summed E-state index contributed by atoms with van der Waals surface area (Å²) in [6.07, 6.45) is -4.05. The van der Waals surface area contributed by atoms with Crippen molar-refractivity contribution in [2.24, 2.45) is 0 Å². The molecule has 0 atom stereocenters. The summed E-state index contributed by atoms with van der Waals surface area (Å²) in [6.45, 7) is 1.68. The van der Waals surface area contributed by atoms with Crippen molar-refractivity contribution in [2.75, 3.05) is 0 Å². The predicted molar refractivity (Wildman–Crippen MR) is 64.5 cm³/mol. The molecule has 7 heteroatoms. The van der Waals surface area contributed by atoms with Gasteiger partial charge in [0.05, 0.1) is 12.7 Å². The van der Waals surface area contributed by atoms with Gasteiger partial charge in [0.1, 0.15) is 5.56 Å². The van der Waals surface area contributed by atoms with Crippen molar-refractivity contribution in [1.82, 2.24) is 9.78 Å². The standard InChI is InChI=1S/C13H11F3N2O2/c1-8-3-2-4-9(5-8)7-18-11(13(14,15)16)10(6-17-18)12(19)20/h2-6H,7H2,1H3,(H,19,20). The average molecular weight is 284 g/mol. The Kier molecular flexibility index (Phi) is 3.52. The molecule has 2 aromatic rings. The Hall–Kier alpha value is -2.31. The lowest BCUT2D eigenvalue weighted by Crippen LogP contribution is -2.18. The van der Waals surface area contributed by atoms with Gasteiger partial charge in [0, 0.05) is 0 Å². The van der Waals surface area contributed by atoms with Crippen LogP contribution in [0.2, 0.25) is 0 Å². The quantitative estimate of drug-likeness (QED) is 0.942. The van der Waals surface area contributed by atoms with Crippen LogP contribution in [0.25, 0.3) is 0 Å². The minimum atomic E-state index is -4.77. The van der Waals surface area contributed by atoms with E-state index in [1.807, 2.05) is 13.0 Å². The van der Waals surface area contributed by atoms with Gasteiger partial charge in [-0.2, -0.15) is 18.3 Å². The van der Waals surface area contributed by atoms with Crippen molar-refractivity contribution in [2.45, 2.75) is 19.6 Å². The first-order valence-corrected chi connectivity index (χ1v) is 5.71. The van der Waals surface area contributed by atoms with E-state index in [1.165, 1.54) is 0 Å². The normalized spacial score (nSPS) is 11.6. The molecule has 0 bridgehead atoms. The summed E-state index contributed by atoms with van der Waals surface area (Å²) >= 11 is 0. The van der Waals surface area contributed by atoms with E-state index in [0.29, 0.717) is 10.2 Å². The molecule has 106 valence electrons. The van der Waals surface area contributed by atoms with E-state index in [9.17, 15) is 18.0 Å². The van der Waals surface area contributed by atoms with Gasteiger partial charge in [-0.25, -0.2) is 4.79 Å². The van der Waals surface area contributed by atoms with Crippen LogP contribution in [0.15, 0.2) is 30.5 Å². The molecule has 2 rings (SSSR count). The van der Waals surface area contributed by atoms with Crippen molar-refractivity contribution in [1.29, 1.82) is 0 Å². The number of benzene rings is 1. The first-order chi connectivity index (χ1) is 9.29. The van der Waals surface area contributed by atoms with Crippen LogP contribution in [-0.4, -0.2) is 20.9 Å². The molecule has 1 heterocycles. The highest BCUT2D eigenvalue weighted by Gasteiger charge is 2.40. The van der Waals surface area contributed by atoms with Crippen LogP contribution < -0.4 is 0 Å². The van der Waals surface area contributed by atoms with Crippen LogP contribution in [0, 0.1) is 6.92 Å². The molecule has 4 nitrogen and oxygen atoms in total. The first-order valence-electron chi connectivity index (χ1n) is 5.71. The topological polar surface area (TPSA) is 55.1 Å². The van der Waals surface area contributed by atoms with Gasteiger partial charge in [0.25, 0.3) is 0 Å². The SMILES string of the molecule is Cc1cccc(Cn2ncc(C(=O)O)c2C(F)(F)F)c1. The molecule has 0 spiro atoms. The fourth-order valence-electron chi connectivity index (χ4n) is 1.94. The number of hydrogen-bond acceptors (Lipinski definition) is 2.